The van der Waals surface area contributed by atoms with Gasteiger partial charge < -0.3 is 4.90 Å². The van der Waals surface area contributed by atoms with Crippen LogP contribution in [0.2, 0.25) is 0 Å². The van der Waals surface area contributed by atoms with Gasteiger partial charge in [0.05, 0.1) is 0 Å². The predicted octanol–water partition coefficient (Wildman–Crippen LogP) is 7.45. The second kappa shape index (κ2) is 13.8. The minimum atomic E-state index is 0.324. The Labute approximate surface area is 167 Å². The van der Waals surface area contributed by atoms with Crippen LogP contribution in [-0.4, -0.2) is 12.5 Å². The molecule has 152 valence electrons. The van der Waals surface area contributed by atoms with Crippen LogP contribution in [0.4, 0.5) is 5.69 Å². The highest BCUT2D eigenvalue weighted by molar-refractivity contribution is 5.94. The van der Waals surface area contributed by atoms with E-state index in [0.717, 1.165) is 31.5 Å². The number of benzene rings is 1. The quantitative estimate of drug-likeness (QED) is 0.311. The fourth-order valence-electron chi connectivity index (χ4n) is 4.22. The highest BCUT2D eigenvalue weighted by atomic mass is 16.2. The van der Waals surface area contributed by atoms with E-state index in [9.17, 15) is 4.79 Å². The Morgan fingerprint density at radius 1 is 0.815 bits per heavy atom. The van der Waals surface area contributed by atoms with Gasteiger partial charge in [-0.3, -0.25) is 4.79 Å². The molecule has 0 aliphatic carbocycles. The van der Waals surface area contributed by atoms with Crippen LogP contribution >= 0.6 is 0 Å². The first-order chi connectivity index (χ1) is 13.3. The van der Waals surface area contributed by atoms with Gasteiger partial charge in [0.15, 0.2) is 0 Å². The lowest BCUT2D eigenvalue weighted by atomic mass is 10.0. The van der Waals surface area contributed by atoms with Crippen LogP contribution < -0.4 is 4.90 Å². The number of amides is 1. The van der Waals surface area contributed by atoms with Crippen molar-refractivity contribution in [1.29, 1.82) is 0 Å². The van der Waals surface area contributed by atoms with Gasteiger partial charge in [0.1, 0.15) is 0 Å². The molecule has 0 aromatic heterocycles. The van der Waals surface area contributed by atoms with Gasteiger partial charge in [0.25, 0.3) is 0 Å². The maximum Gasteiger partial charge on any atom is 0.226 e. The standard InChI is InChI=1S/C25H41NO/c1-2-3-4-5-6-7-8-9-10-11-12-13-14-21-25(27)26-22-17-19-23-18-15-16-20-24(23)26/h15-16,18,20H,2-14,17,19,21-22H2,1H3. The van der Waals surface area contributed by atoms with E-state index in [0.29, 0.717) is 12.3 Å². The summed E-state index contributed by atoms with van der Waals surface area (Å²) in [6, 6.07) is 8.41. The van der Waals surface area contributed by atoms with Gasteiger partial charge in [-0.2, -0.15) is 0 Å². The molecule has 27 heavy (non-hydrogen) atoms. The number of para-hydroxylation sites is 1. The van der Waals surface area contributed by atoms with Crippen molar-refractivity contribution in [3.63, 3.8) is 0 Å². The lowest BCUT2D eigenvalue weighted by Gasteiger charge is -2.29. The summed E-state index contributed by atoms with van der Waals surface area (Å²) in [4.78, 5) is 14.6. The Morgan fingerprint density at radius 2 is 1.37 bits per heavy atom. The molecular weight excluding hydrogens is 330 g/mol. The molecule has 2 rings (SSSR count). The monoisotopic (exact) mass is 371 g/mol. The second-order valence-electron chi connectivity index (χ2n) is 8.27. The molecule has 0 bridgehead atoms. The van der Waals surface area contributed by atoms with E-state index < -0.39 is 0 Å². The number of unbranched alkanes of at least 4 members (excludes halogenated alkanes) is 12. The van der Waals surface area contributed by atoms with Gasteiger partial charge in [-0.05, 0) is 30.9 Å². The minimum Gasteiger partial charge on any atom is -0.312 e. The van der Waals surface area contributed by atoms with Gasteiger partial charge in [0.2, 0.25) is 5.91 Å². The van der Waals surface area contributed by atoms with E-state index >= 15 is 0 Å². The van der Waals surface area contributed by atoms with Crippen molar-refractivity contribution in [3.8, 4) is 0 Å². The number of rotatable bonds is 14. The van der Waals surface area contributed by atoms with Crippen LogP contribution in [0.1, 0.15) is 109 Å². The van der Waals surface area contributed by atoms with Crippen molar-refractivity contribution in [2.24, 2.45) is 0 Å². The Hall–Kier alpha value is -1.31. The summed E-state index contributed by atoms with van der Waals surface area (Å²) >= 11 is 0. The molecule has 1 aliphatic rings. The normalized spacial score (nSPS) is 13.6. The van der Waals surface area contributed by atoms with E-state index in [4.69, 9.17) is 0 Å². The lowest BCUT2D eigenvalue weighted by Crippen LogP contribution is -2.35. The average Bonchev–Trinajstić information content (AvgIpc) is 2.71. The smallest absolute Gasteiger partial charge is 0.226 e. The number of carbonyl (C=O) groups excluding carboxylic acids is 1. The fraction of sp³-hybridized carbons (Fsp3) is 0.720. The van der Waals surface area contributed by atoms with Crippen molar-refractivity contribution in [2.75, 3.05) is 11.4 Å². The second-order valence-corrected chi connectivity index (χ2v) is 8.27. The van der Waals surface area contributed by atoms with Crippen LogP contribution in [0.25, 0.3) is 0 Å². The number of fused-ring (bicyclic) bond motifs is 1. The number of carbonyl (C=O) groups is 1. The molecule has 0 saturated heterocycles. The first kappa shape index (κ1) is 22.0. The molecule has 1 heterocycles. The average molecular weight is 372 g/mol. The molecule has 1 amide bonds. The Morgan fingerprint density at radius 3 is 2.00 bits per heavy atom. The van der Waals surface area contributed by atoms with E-state index in [1.807, 2.05) is 4.90 Å². The summed E-state index contributed by atoms with van der Waals surface area (Å²) < 4.78 is 0. The third-order valence-corrected chi connectivity index (χ3v) is 5.91. The third-order valence-electron chi connectivity index (χ3n) is 5.91. The number of aryl methyl sites for hydroxylation is 1. The van der Waals surface area contributed by atoms with Crippen molar-refractivity contribution in [3.05, 3.63) is 29.8 Å². The molecule has 1 aromatic carbocycles. The summed E-state index contributed by atoms with van der Waals surface area (Å²) in [5.41, 5.74) is 2.49. The zero-order chi connectivity index (χ0) is 19.2. The summed E-state index contributed by atoms with van der Waals surface area (Å²) in [7, 11) is 0. The lowest BCUT2D eigenvalue weighted by molar-refractivity contribution is -0.118. The molecule has 0 spiro atoms. The largest absolute Gasteiger partial charge is 0.312 e. The zero-order valence-corrected chi connectivity index (χ0v) is 17.7. The van der Waals surface area contributed by atoms with E-state index in [-0.39, 0.29) is 0 Å². The first-order valence-corrected chi connectivity index (χ1v) is 11.7. The zero-order valence-electron chi connectivity index (χ0n) is 17.7. The third kappa shape index (κ3) is 8.49. The topological polar surface area (TPSA) is 20.3 Å². The van der Waals surface area contributed by atoms with Crippen LogP contribution in [0.3, 0.4) is 0 Å². The molecule has 0 saturated carbocycles. The molecule has 2 nitrogen and oxygen atoms in total. The summed E-state index contributed by atoms with van der Waals surface area (Å²) in [6.45, 7) is 3.18. The molecule has 1 aliphatic heterocycles. The van der Waals surface area contributed by atoms with E-state index in [1.54, 1.807) is 0 Å². The van der Waals surface area contributed by atoms with Gasteiger partial charge in [0, 0.05) is 18.7 Å². The molecular formula is C25H41NO. The summed E-state index contributed by atoms with van der Waals surface area (Å²) in [5.74, 6) is 0.324. The predicted molar refractivity (Wildman–Crippen MR) is 117 cm³/mol. The minimum absolute atomic E-state index is 0.324. The highest BCUT2D eigenvalue weighted by Gasteiger charge is 2.21. The number of anilines is 1. The molecule has 0 N–H and O–H groups in total. The van der Waals surface area contributed by atoms with Crippen LogP contribution in [-0.2, 0) is 11.2 Å². The van der Waals surface area contributed by atoms with Crippen LogP contribution in [0.15, 0.2) is 24.3 Å². The van der Waals surface area contributed by atoms with Crippen LogP contribution in [0, 0.1) is 0 Å². The van der Waals surface area contributed by atoms with Crippen LogP contribution in [0.5, 0.6) is 0 Å². The summed E-state index contributed by atoms with van der Waals surface area (Å²) in [5, 5.41) is 0. The van der Waals surface area contributed by atoms with Gasteiger partial charge >= 0.3 is 0 Å². The van der Waals surface area contributed by atoms with Gasteiger partial charge in [-0.25, -0.2) is 0 Å². The van der Waals surface area contributed by atoms with E-state index in [1.165, 1.54) is 82.6 Å². The van der Waals surface area contributed by atoms with Gasteiger partial charge in [-0.1, -0.05) is 102 Å². The maximum atomic E-state index is 12.6. The van der Waals surface area contributed by atoms with Crippen molar-refractivity contribution < 1.29 is 4.79 Å². The number of nitrogens with zero attached hydrogens (tertiary/aromatic N) is 1. The molecule has 0 radical (unpaired) electrons. The molecule has 0 fully saturated rings. The number of hydrogen-bond acceptors (Lipinski definition) is 1. The molecule has 2 heteroatoms. The fourth-order valence-corrected chi connectivity index (χ4v) is 4.22. The molecule has 0 atom stereocenters. The van der Waals surface area contributed by atoms with Crippen molar-refractivity contribution >= 4 is 11.6 Å². The molecule has 1 aromatic rings. The number of hydrogen-bond donors (Lipinski definition) is 0. The van der Waals surface area contributed by atoms with Crippen molar-refractivity contribution in [1.82, 2.24) is 0 Å². The Kier molecular flexibility index (Phi) is 11.2. The Bertz CT molecular complexity index is 525. The molecule has 0 unspecified atom stereocenters. The van der Waals surface area contributed by atoms with Gasteiger partial charge in [-0.15, -0.1) is 0 Å². The van der Waals surface area contributed by atoms with E-state index in [2.05, 4.69) is 31.2 Å². The SMILES string of the molecule is CCCCCCCCCCCCCCCC(=O)N1CCCc2ccccc21. The Balaban J connectivity index is 1.45. The highest BCUT2D eigenvalue weighted by Crippen LogP contribution is 2.27. The summed E-state index contributed by atoms with van der Waals surface area (Å²) in [6.07, 6.45) is 20.5. The van der Waals surface area contributed by atoms with Crippen molar-refractivity contribution in [2.45, 2.75) is 110 Å². The first-order valence-electron chi connectivity index (χ1n) is 11.7. The maximum absolute atomic E-state index is 12.6.